The lowest BCUT2D eigenvalue weighted by Gasteiger charge is -2.15. The molecule has 2 aromatic heterocycles. The van der Waals surface area contributed by atoms with Gasteiger partial charge in [0.1, 0.15) is 6.07 Å². The van der Waals surface area contributed by atoms with E-state index in [4.69, 9.17) is 16.9 Å². The van der Waals surface area contributed by atoms with Gasteiger partial charge in [-0.25, -0.2) is 18.7 Å². The van der Waals surface area contributed by atoms with Gasteiger partial charge in [0.2, 0.25) is 0 Å². The van der Waals surface area contributed by atoms with E-state index >= 15 is 0 Å². The van der Waals surface area contributed by atoms with E-state index in [1.807, 2.05) is 6.07 Å². The molecule has 1 aliphatic rings. The lowest BCUT2D eigenvalue weighted by atomic mass is 10.1. The Bertz CT molecular complexity index is 1170. The normalized spacial score (nSPS) is 14.3. The molecule has 1 aromatic carbocycles. The van der Waals surface area contributed by atoms with Crippen LogP contribution in [0.1, 0.15) is 71.3 Å². The van der Waals surface area contributed by atoms with Gasteiger partial charge in [-0.15, -0.1) is 5.10 Å². The zero-order valence-electron chi connectivity index (χ0n) is 16.4. The molecule has 2 heterocycles. The highest BCUT2D eigenvalue weighted by molar-refractivity contribution is 6.31. The fourth-order valence-corrected chi connectivity index (χ4v) is 3.34. The Balaban J connectivity index is 1.63. The topological polar surface area (TPSA) is 96.5 Å². The maximum Gasteiger partial charge on any atom is 0.263 e. The second kappa shape index (κ2) is 8.40. The molecule has 0 aliphatic heterocycles. The number of carbonyl (C=O) groups excluding carboxylic acids is 1. The minimum absolute atomic E-state index is 0.0274. The van der Waals surface area contributed by atoms with E-state index in [2.05, 4.69) is 20.4 Å². The Morgan fingerprint density at radius 3 is 2.71 bits per heavy atom. The number of nitrogens with one attached hydrogen (secondary N) is 1. The van der Waals surface area contributed by atoms with Gasteiger partial charge in [-0.1, -0.05) is 11.6 Å². The summed E-state index contributed by atoms with van der Waals surface area (Å²) in [4.78, 5) is 21.6. The SMILES string of the molecule is C[C@H](NC(=O)c1cc(Cl)cc(C(F)F)c1)c1nc(C2CC2)nn1-c1ccc(C#N)cn1. The predicted molar refractivity (Wildman–Crippen MR) is 108 cm³/mol. The summed E-state index contributed by atoms with van der Waals surface area (Å²) in [7, 11) is 0. The number of amides is 1. The Kier molecular flexibility index (Phi) is 5.65. The Morgan fingerprint density at radius 1 is 1.32 bits per heavy atom. The lowest BCUT2D eigenvalue weighted by Crippen LogP contribution is -2.29. The highest BCUT2D eigenvalue weighted by Crippen LogP contribution is 2.38. The maximum absolute atomic E-state index is 13.1. The van der Waals surface area contributed by atoms with Gasteiger partial charge in [0.05, 0.1) is 11.6 Å². The molecule has 10 heteroatoms. The maximum atomic E-state index is 13.1. The third-order valence-electron chi connectivity index (χ3n) is 4.85. The molecule has 1 aliphatic carbocycles. The van der Waals surface area contributed by atoms with Crippen LogP contribution in [0.3, 0.4) is 0 Å². The van der Waals surface area contributed by atoms with Crippen molar-refractivity contribution in [1.29, 1.82) is 5.26 Å². The van der Waals surface area contributed by atoms with Crippen molar-refractivity contribution in [2.24, 2.45) is 0 Å². The van der Waals surface area contributed by atoms with Crippen LogP contribution in [0.15, 0.2) is 36.5 Å². The molecule has 0 unspecified atom stereocenters. The number of alkyl halides is 2. The zero-order valence-corrected chi connectivity index (χ0v) is 17.1. The van der Waals surface area contributed by atoms with Gasteiger partial charge in [-0.05, 0) is 50.1 Å². The number of rotatable bonds is 6. The van der Waals surface area contributed by atoms with Crippen LogP contribution < -0.4 is 5.32 Å². The van der Waals surface area contributed by atoms with E-state index in [-0.39, 0.29) is 22.1 Å². The fraction of sp³-hybridized carbons (Fsp3) is 0.286. The lowest BCUT2D eigenvalue weighted by molar-refractivity contribution is 0.0937. The first kappa shape index (κ1) is 20.9. The first-order valence-corrected chi connectivity index (χ1v) is 9.96. The molecule has 0 radical (unpaired) electrons. The summed E-state index contributed by atoms with van der Waals surface area (Å²) in [6, 6.07) is 8.24. The molecule has 4 rings (SSSR count). The minimum Gasteiger partial charge on any atom is -0.342 e. The number of halogens is 3. The summed E-state index contributed by atoms with van der Waals surface area (Å²) < 4.78 is 27.6. The van der Waals surface area contributed by atoms with Crippen molar-refractivity contribution >= 4 is 17.5 Å². The number of benzene rings is 1. The van der Waals surface area contributed by atoms with Crippen LogP contribution in [0, 0.1) is 11.3 Å². The van der Waals surface area contributed by atoms with Crippen LogP contribution in [-0.2, 0) is 0 Å². The second-order valence-corrected chi connectivity index (χ2v) is 7.74. The third-order valence-corrected chi connectivity index (χ3v) is 5.07. The molecule has 7 nitrogen and oxygen atoms in total. The van der Waals surface area contributed by atoms with E-state index in [1.165, 1.54) is 16.9 Å². The number of nitrogens with zero attached hydrogens (tertiary/aromatic N) is 5. The largest absolute Gasteiger partial charge is 0.342 e. The van der Waals surface area contributed by atoms with Crippen molar-refractivity contribution in [3.8, 4) is 11.9 Å². The average molecular weight is 443 g/mol. The van der Waals surface area contributed by atoms with Gasteiger partial charge in [-0.3, -0.25) is 4.79 Å². The summed E-state index contributed by atoms with van der Waals surface area (Å²) in [6.45, 7) is 1.72. The molecule has 1 N–H and O–H groups in total. The zero-order chi connectivity index (χ0) is 22.1. The number of hydrogen-bond donors (Lipinski definition) is 1. The average Bonchev–Trinajstić information content (AvgIpc) is 3.51. The van der Waals surface area contributed by atoms with Gasteiger partial charge < -0.3 is 5.32 Å². The van der Waals surface area contributed by atoms with Gasteiger partial charge in [0.25, 0.3) is 12.3 Å². The van der Waals surface area contributed by atoms with E-state index in [0.29, 0.717) is 23.0 Å². The summed E-state index contributed by atoms with van der Waals surface area (Å²) >= 11 is 5.90. The highest BCUT2D eigenvalue weighted by atomic mass is 35.5. The first-order chi connectivity index (χ1) is 14.9. The van der Waals surface area contributed by atoms with Gasteiger partial charge in [-0.2, -0.15) is 9.94 Å². The van der Waals surface area contributed by atoms with E-state index in [9.17, 15) is 13.6 Å². The van der Waals surface area contributed by atoms with Crippen molar-refractivity contribution < 1.29 is 13.6 Å². The molecule has 1 saturated carbocycles. The van der Waals surface area contributed by atoms with Crippen LogP contribution in [0.2, 0.25) is 5.02 Å². The smallest absolute Gasteiger partial charge is 0.263 e. The fourth-order valence-electron chi connectivity index (χ4n) is 3.10. The van der Waals surface area contributed by atoms with Crippen molar-refractivity contribution in [3.05, 3.63) is 69.9 Å². The van der Waals surface area contributed by atoms with Crippen LogP contribution in [0.4, 0.5) is 8.78 Å². The molecule has 0 bridgehead atoms. The number of pyridine rings is 1. The molecule has 1 amide bonds. The summed E-state index contributed by atoms with van der Waals surface area (Å²) in [5, 5.41) is 16.3. The van der Waals surface area contributed by atoms with Crippen LogP contribution in [0.25, 0.3) is 5.82 Å². The molecule has 3 aromatic rings. The Hall–Kier alpha value is -3.38. The van der Waals surface area contributed by atoms with Gasteiger partial charge in [0, 0.05) is 28.3 Å². The quantitative estimate of drug-likeness (QED) is 0.606. The molecule has 158 valence electrons. The van der Waals surface area contributed by atoms with E-state index < -0.39 is 18.4 Å². The third kappa shape index (κ3) is 4.54. The highest BCUT2D eigenvalue weighted by Gasteiger charge is 2.31. The monoisotopic (exact) mass is 442 g/mol. The van der Waals surface area contributed by atoms with Crippen LogP contribution in [-0.4, -0.2) is 25.7 Å². The number of aromatic nitrogens is 4. The van der Waals surface area contributed by atoms with Crippen molar-refractivity contribution in [2.45, 2.75) is 38.2 Å². The van der Waals surface area contributed by atoms with Crippen molar-refractivity contribution in [1.82, 2.24) is 25.1 Å². The second-order valence-electron chi connectivity index (χ2n) is 7.30. The predicted octanol–water partition coefficient (Wildman–Crippen LogP) is 4.49. The Labute approximate surface area is 181 Å². The number of carbonyl (C=O) groups is 1. The molecule has 1 fully saturated rings. The van der Waals surface area contributed by atoms with Gasteiger partial charge in [0.15, 0.2) is 17.5 Å². The first-order valence-electron chi connectivity index (χ1n) is 9.58. The standard InChI is InChI=1S/C21H17ClF2N6O/c1-11(27-21(31)15-6-14(18(23)24)7-16(22)8-15)20-28-19(13-3-4-13)29-30(20)17-5-2-12(9-25)10-26-17/h2,5-8,10-11,13,18H,3-4H2,1H3,(H,27,31)/t11-/m0/s1. The summed E-state index contributed by atoms with van der Waals surface area (Å²) in [5.41, 5.74) is 0.107. The summed E-state index contributed by atoms with van der Waals surface area (Å²) in [6.07, 6.45) is 0.668. The molecule has 0 spiro atoms. The van der Waals surface area contributed by atoms with Crippen molar-refractivity contribution in [2.75, 3.05) is 0 Å². The van der Waals surface area contributed by atoms with E-state index in [0.717, 1.165) is 25.0 Å². The minimum atomic E-state index is -2.74. The van der Waals surface area contributed by atoms with Crippen LogP contribution >= 0.6 is 11.6 Å². The summed E-state index contributed by atoms with van der Waals surface area (Å²) in [5.74, 6) is 1.26. The molecule has 1 atom stereocenters. The number of hydrogen-bond acceptors (Lipinski definition) is 5. The Morgan fingerprint density at radius 2 is 2.10 bits per heavy atom. The molecular formula is C21H17ClF2N6O. The van der Waals surface area contributed by atoms with E-state index in [1.54, 1.807) is 19.1 Å². The van der Waals surface area contributed by atoms with Crippen molar-refractivity contribution in [3.63, 3.8) is 0 Å². The molecular weight excluding hydrogens is 426 g/mol. The van der Waals surface area contributed by atoms with Crippen LogP contribution in [0.5, 0.6) is 0 Å². The number of nitriles is 1. The molecule has 31 heavy (non-hydrogen) atoms. The van der Waals surface area contributed by atoms with Gasteiger partial charge >= 0.3 is 0 Å². The molecule has 0 saturated heterocycles.